The number of hydrogen-bond acceptors (Lipinski definition) is 2. The molecule has 44 heavy (non-hydrogen) atoms. The summed E-state index contributed by atoms with van der Waals surface area (Å²) in [5.41, 5.74) is 7.35. The molecule has 0 atom stereocenters. The molecule has 0 unspecified atom stereocenters. The zero-order valence-corrected chi connectivity index (χ0v) is 23.9. The van der Waals surface area contributed by atoms with Crippen molar-refractivity contribution in [2.24, 2.45) is 0 Å². The molecule has 0 aliphatic heterocycles. The molecule has 206 valence electrons. The number of anilines is 3. The van der Waals surface area contributed by atoms with Crippen molar-refractivity contribution in [2.75, 3.05) is 4.90 Å². The van der Waals surface area contributed by atoms with Crippen LogP contribution in [-0.4, -0.2) is 0 Å². The maximum Gasteiger partial charge on any atom is 0.145 e. The van der Waals surface area contributed by atoms with Crippen LogP contribution in [-0.2, 0) is 0 Å². The molecule has 0 saturated carbocycles. The molecule has 0 spiro atoms. The summed E-state index contributed by atoms with van der Waals surface area (Å²) in [4.78, 5) is 2.40. The molecule has 1 heterocycles. The van der Waals surface area contributed by atoms with E-state index in [4.69, 9.17) is 4.42 Å². The first-order valence-corrected chi connectivity index (χ1v) is 15.0. The summed E-state index contributed by atoms with van der Waals surface area (Å²) in [7, 11) is 0. The van der Waals surface area contributed by atoms with Gasteiger partial charge in [-0.3, -0.25) is 0 Å². The van der Waals surface area contributed by atoms with Gasteiger partial charge in [0, 0.05) is 22.0 Å². The molecule has 1 aromatic heterocycles. The van der Waals surface area contributed by atoms with Gasteiger partial charge in [-0.2, -0.15) is 0 Å². The maximum atomic E-state index is 6.77. The van der Waals surface area contributed by atoms with E-state index >= 15 is 0 Å². The molecule has 8 aromatic carbocycles. The van der Waals surface area contributed by atoms with E-state index in [1.165, 1.54) is 37.9 Å². The van der Waals surface area contributed by atoms with Gasteiger partial charge in [-0.25, -0.2) is 0 Å². The molecule has 0 radical (unpaired) electrons. The zero-order valence-electron chi connectivity index (χ0n) is 23.9. The van der Waals surface area contributed by atoms with Crippen molar-refractivity contribution in [3.63, 3.8) is 0 Å². The quantitative estimate of drug-likeness (QED) is 0.199. The first-order chi connectivity index (χ1) is 21.8. The Bertz CT molecular complexity index is 2500. The van der Waals surface area contributed by atoms with Gasteiger partial charge in [-0.05, 0) is 68.9 Å². The van der Waals surface area contributed by atoms with Crippen LogP contribution in [0.4, 0.5) is 17.1 Å². The summed E-state index contributed by atoms with van der Waals surface area (Å²) >= 11 is 0. The van der Waals surface area contributed by atoms with Gasteiger partial charge in [0.2, 0.25) is 0 Å². The van der Waals surface area contributed by atoms with Gasteiger partial charge in [0.1, 0.15) is 11.2 Å². The Hall–Kier alpha value is -5.86. The molecule has 0 aliphatic carbocycles. The minimum absolute atomic E-state index is 0.883. The molecule has 2 nitrogen and oxygen atoms in total. The lowest BCUT2D eigenvalue weighted by Gasteiger charge is -2.28. The van der Waals surface area contributed by atoms with Crippen LogP contribution < -0.4 is 4.90 Å². The van der Waals surface area contributed by atoms with Crippen LogP contribution in [0.1, 0.15) is 0 Å². The van der Waals surface area contributed by atoms with Gasteiger partial charge >= 0.3 is 0 Å². The number of hydrogen-bond donors (Lipinski definition) is 0. The molecule has 0 N–H and O–H groups in total. The van der Waals surface area contributed by atoms with Crippen LogP contribution in [0.15, 0.2) is 168 Å². The molecule has 0 fully saturated rings. The summed E-state index contributed by atoms with van der Waals surface area (Å²) in [5, 5.41) is 9.57. The second-order valence-electron chi connectivity index (χ2n) is 11.3. The fourth-order valence-corrected chi connectivity index (χ4v) is 6.87. The normalized spacial score (nSPS) is 11.6. The number of fused-ring (bicyclic) bond motifs is 7. The standard InChI is InChI=1S/C42H27NO/c1-2-15-30(16-3-1)43(38-22-11-21-33-32-18-7-5-13-29(32)24-25-35(33)38)39-27-26-36(34-20-10-14-28-12-4-6-17-31(28)34)42-41(39)37-19-8-9-23-40(37)44-42/h1-27H. The summed E-state index contributed by atoms with van der Waals surface area (Å²) in [5.74, 6) is 0. The number of para-hydroxylation sites is 2. The highest BCUT2D eigenvalue weighted by Crippen LogP contribution is 2.48. The largest absolute Gasteiger partial charge is 0.455 e. The van der Waals surface area contributed by atoms with Crippen LogP contribution in [0.3, 0.4) is 0 Å². The minimum atomic E-state index is 0.883. The van der Waals surface area contributed by atoms with Crippen molar-refractivity contribution in [3.05, 3.63) is 164 Å². The first kappa shape index (κ1) is 24.7. The fourth-order valence-electron chi connectivity index (χ4n) is 6.87. The number of benzene rings is 8. The van der Waals surface area contributed by atoms with E-state index in [9.17, 15) is 0 Å². The summed E-state index contributed by atoms with van der Waals surface area (Å²) in [6.45, 7) is 0. The van der Waals surface area contributed by atoms with Crippen molar-refractivity contribution in [2.45, 2.75) is 0 Å². The SMILES string of the molecule is c1ccc(N(c2cccc3c2ccc2ccccc23)c2ccc(-c3cccc4ccccc34)c3oc4ccccc4c23)cc1. The summed E-state index contributed by atoms with van der Waals surface area (Å²) < 4.78 is 6.77. The monoisotopic (exact) mass is 561 g/mol. The van der Waals surface area contributed by atoms with Gasteiger partial charge in [-0.15, -0.1) is 0 Å². The Balaban J connectivity index is 1.39. The average molecular weight is 562 g/mol. The van der Waals surface area contributed by atoms with Gasteiger partial charge < -0.3 is 9.32 Å². The topological polar surface area (TPSA) is 16.4 Å². The Kier molecular flexibility index (Phi) is 5.54. The van der Waals surface area contributed by atoms with Crippen molar-refractivity contribution in [1.82, 2.24) is 0 Å². The Morgan fingerprint density at radius 1 is 0.364 bits per heavy atom. The molecule has 0 amide bonds. The second kappa shape index (κ2) is 9.86. The van der Waals surface area contributed by atoms with Crippen molar-refractivity contribution in [3.8, 4) is 11.1 Å². The van der Waals surface area contributed by atoms with Crippen LogP contribution in [0.5, 0.6) is 0 Å². The Morgan fingerprint density at radius 2 is 1.02 bits per heavy atom. The fraction of sp³-hybridized carbons (Fsp3) is 0. The molecule has 9 aromatic rings. The Labute approximate surface area is 255 Å². The van der Waals surface area contributed by atoms with Gasteiger partial charge in [0.15, 0.2) is 0 Å². The molecule has 0 bridgehead atoms. The van der Waals surface area contributed by atoms with E-state index < -0.39 is 0 Å². The number of nitrogens with zero attached hydrogens (tertiary/aromatic N) is 1. The Morgan fingerprint density at radius 3 is 1.89 bits per heavy atom. The predicted molar refractivity (Wildman–Crippen MR) is 186 cm³/mol. The van der Waals surface area contributed by atoms with Crippen LogP contribution in [0, 0.1) is 0 Å². The van der Waals surface area contributed by atoms with Crippen LogP contribution in [0.2, 0.25) is 0 Å². The lowest BCUT2D eigenvalue weighted by Crippen LogP contribution is -2.11. The lowest BCUT2D eigenvalue weighted by molar-refractivity contribution is 0.670. The van der Waals surface area contributed by atoms with Gasteiger partial charge in [-0.1, -0.05) is 127 Å². The van der Waals surface area contributed by atoms with E-state index in [2.05, 4.69) is 163 Å². The molecule has 0 aliphatic rings. The third-order valence-corrected chi connectivity index (χ3v) is 8.84. The van der Waals surface area contributed by atoms with E-state index in [0.717, 1.165) is 44.6 Å². The van der Waals surface area contributed by atoms with Gasteiger partial charge in [0.05, 0.1) is 16.8 Å². The summed E-state index contributed by atoms with van der Waals surface area (Å²) in [6.07, 6.45) is 0. The third-order valence-electron chi connectivity index (χ3n) is 8.84. The highest BCUT2D eigenvalue weighted by Gasteiger charge is 2.23. The second-order valence-corrected chi connectivity index (χ2v) is 11.3. The average Bonchev–Trinajstić information content (AvgIpc) is 3.49. The molecule has 9 rings (SSSR count). The number of rotatable bonds is 4. The highest BCUT2D eigenvalue weighted by atomic mass is 16.3. The smallest absolute Gasteiger partial charge is 0.145 e. The predicted octanol–water partition coefficient (Wildman–Crippen LogP) is 12.2. The molecule has 0 saturated heterocycles. The van der Waals surface area contributed by atoms with Crippen LogP contribution >= 0.6 is 0 Å². The van der Waals surface area contributed by atoms with E-state index in [-0.39, 0.29) is 0 Å². The van der Waals surface area contributed by atoms with Gasteiger partial charge in [0.25, 0.3) is 0 Å². The molecular formula is C42H27NO. The lowest BCUT2D eigenvalue weighted by atomic mass is 9.95. The van der Waals surface area contributed by atoms with E-state index in [1.807, 2.05) is 6.07 Å². The van der Waals surface area contributed by atoms with E-state index in [1.54, 1.807) is 0 Å². The van der Waals surface area contributed by atoms with Crippen molar-refractivity contribution >= 4 is 71.3 Å². The first-order valence-electron chi connectivity index (χ1n) is 15.0. The highest BCUT2D eigenvalue weighted by molar-refractivity contribution is 6.20. The summed E-state index contributed by atoms with van der Waals surface area (Å²) in [6, 6.07) is 58.4. The number of furan rings is 1. The zero-order chi connectivity index (χ0) is 29.0. The van der Waals surface area contributed by atoms with E-state index in [0.29, 0.717) is 0 Å². The van der Waals surface area contributed by atoms with Crippen molar-refractivity contribution in [1.29, 1.82) is 0 Å². The molecular weight excluding hydrogens is 534 g/mol. The molecule has 2 heteroatoms. The van der Waals surface area contributed by atoms with Crippen molar-refractivity contribution < 1.29 is 4.42 Å². The van der Waals surface area contributed by atoms with Crippen LogP contribution in [0.25, 0.3) is 65.4 Å². The third kappa shape index (κ3) is 3.75. The maximum absolute atomic E-state index is 6.77. The minimum Gasteiger partial charge on any atom is -0.455 e.